The van der Waals surface area contributed by atoms with E-state index in [1.165, 1.54) is 24.1 Å². The van der Waals surface area contributed by atoms with Gasteiger partial charge in [0.1, 0.15) is 11.9 Å². The molecule has 25 heavy (non-hydrogen) atoms. The maximum Gasteiger partial charge on any atom is 0.416 e. The van der Waals surface area contributed by atoms with Crippen LogP contribution < -0.4 is 4.72 Å². The van der Waals surface area contributed by atoms with Crippen LogP contribution in [0.2, 0.25) is 0 Å². The van der Waals surface area contributed by atoms with E-state index in [1.54, 1.807) is 6.92 Å². The number of alkyl halides is 3. The highest BCUT2D eigenvalue weighted by Gasteiger charge is 2.34. The Morgan fingerprint density at radius 3 is 2.68 bits per heavy atom. The minimum absolute atomic E-state index is 0.0133. The van der Waals surface area contributed by atoms with E-state index in [-0.39, 0.29) is 24.8 Å². The summed E-state index contributed by atoms with van der Waals surface area (Å²) in [4.78, 5) is 13.6. The summed E-state index contributed by atoms with van der Waals surface area (Å²) in [6.07, 6.45) is -5.23. The molecule has 0 radical (unpaired) electrons. The zero-order chi connectivity index (χ0) is 18.8. The summed E-state index contributed by atoms with van der Waals surface area (Å²) in [6, 6.07) is 4.33. The van der Waals surface area contributed by atoms with Crippen LogP contribution in [0.4, 0.5) is 13.2 Å². The molecule has 6 nitrogen and oxygen atoms in total. The van der Waals surface area contributed by atoms with Crippen LogP contribution in [-0.4, -0.2) is 51.2 Å². The monoisotopic (exact) mass is 380 g/mol. The van der Waals surface area contributed by atoms with E-state index in [9.17, 15) is 26.4 Å². The van der Waals surface area contributed by atoms with Crippen molar-refractivity contribution in [2.45, 2.75) is 25.2 Å². The molecule has 10 heteroatoms. The molecule has 2 unspecified atom stereocenters. The first-order valence-corrected chi connectivity index (χ1v) is 9.18. The maximum atomic E-state index is 12.8. The molecule has 0 aromatic heterocycles. The molecule has 1 heterocycles. The molecule has 0 aliphatic carbocycles. The van der Waals surface area contributed by atoms with Gasteiger partial charge >= 0.3 is 6.18 Å². The minimum Gasteiger partial charge on any atom is -0.370 e. The number of carbonyl (C=O) groups excluding carboxylic acids is 1. The number of benzene rings is 1. The first kappa shape index (κ1) is 19.7. The smallest absolute Gasteiger partial charge is 0.370 e. The van der Waals surface area contributed by atoms with Gasteiger partial charge in [-0.05, 0) is 31.7 Å². The van der Waals surface area contributed by atoms with Crippen molar-refractivity contribution >= 4 is 15.9 Å². The number of nitrogens with zero attached hydrogens (tertiary/aromatic N) is 1. The van der Waals surface area contributed by atoms with Gasteiger partial charge in [0.25, 0.3) is 0 Å². The fourth-order valence-electron chi connectivity index (χ4n) is 2.54. The van der Waals surface area contributed by atoms with Gasteiger partial charge in [0.15, 0.2) is 0 Å². The number of rotatable bonds is 4. The van der Waals surface area contributed by atoms with Crippen LogP contribution in [0.1, 0.15) is 24.2 Å². The van der Waals surface area contributed by atoms with Gasteiger partial charge in [0.05, 0.1) is 24.8 Å². The molecule has 1 aromatic rings. The van der Waals surface area contributed by atoms with Crippen LogP contribution in [0.15, 0.2) is 24.3 Å². The predicted molar refractivity (Wildman–Crippen MR) is 84.2 cm³/mol. The Morgan fingerprint density at radius 2 is 2.08 bits per heavy atom. The lowest BCUT2D eigenvalue weighted by Gasteiger charge is -2.38. The molecule has 2 atom stereocenters. The number of amides is 1. The highest BCUT2D eigenvalue weighted by Crippen LogP contribution is 2.32. The zero-order valence-electron chi connectivity index (χ0n) is 13.7. The van der Waals surface area contributed by atoms with Crippen LogP contribution in [0, 0.1) is 0 Å². The molecule has 0 saturated carbocycles. The number of carbonyl (C=O) groups is 1. The van der Waals surface area contributed by atoms with Crippen molar-refractivity contribution in [1.29, 1.82) is 0 Å². The largest absolute Gasteiger partial charge is 0.416 e. The lowest BCUT2D eigenvalue weighted by atomic mass is 10.0. The van der Waals surface area contributed by atoms with Crippen LogP contribution in [0.5, 0.6) is 0 Å². The molecule has 0 bridgehead atoms. The van der Waals surface area contributed by atoms with E-state index in [0.29, 0.717) is 0 Å². The number of sulfonamides is 1. The van der Waals surface area contributed by atoms with Crippen LogP contribution >= 0.6 is 0 Å². The topological polar surface area (TPSA) is 75.7 Å². The lowest BCUT2D eigenvalue weighted by Crippen LogP contribution is -2.50. The van der Waals surface area contributed by atoms with Crippen molar-refractivity contribution in [1.82, 2.24) is 9.62 Å². The van der Waals surface area contributed by atoms with Gasteiger partial charge in [0.2, 0.25) is 15.9 Å². The molecule has 1 N–H and O–H groups in total. The molecule has 1 aliphatic rings. The second kappa shape index (κ2) is 7.30. The van der Waals surface area contributed by atoms with Crippen molar-refractivity contribution in [3.8, 4) is 0 Å². The summed E-state index contributed by atoms with van der Waals surface area (Å²) in [7, 11) is -2.53. The van der Waals surface area contributed by atoms with E-state index in [0.717, 1.165) is 12.1 Å². The molecule has 1 fully saturated rings. The van der Waals surface area contributed by atoms with Crippen molar-refractivity contribution < 1.29 is 31.1 Å². The molecule has 0 spiro atoms. The number of nitrogens with one attached hydrogen (secondary N) is 1. The Balaban J connectivity index is 2.19. The van der Waals surface area contributed by atoms with Gasteiger partial charge in [0, 0.05) is 0 Å². The van der Waals surface area contributed by atoms with E-state index in [2.05, 4.69) is 4.72 Å². The quantitative estimate of drug-likeness (QED) is 0.860. The minimum atomic E-state index is -4.48. The fraction of sp³-hybridized carbons (Fsp3) is 0.533. The summed E-state index contributed by atoms with van der Waals surface area (Å²) < 4.78 is 69.3. The van der Waals surface area contributed by atoms with E-state index in [1.807, 2.05) is 0 Å². The first-order valence-electron chi connectivity index (χ1n) is 7.53. The van der Waals surface area contributed by atoms with Gasteiger partial charge in [-0.1, -0.05) is 12.1 Å². The molecule has 2 rings (SSSR count). The summed E-state index contributed by atoms with van der Waals surface area (Å²) in [5.41, 5.74) is -0.515. The number of morpholine rings is 1. The Bertz CT molecular complexity index is 737. The third-order valence-corrected chi connectivity index (χ3v) is 5.21. The second-order valence-electron chi connectivity index (χ2n) is 5.80. The third kappa shape index (κ3) is 4.93. The van der Waals surface area contributed by atoms with E-state index < -0.39 is 39.5 Å². The Labute approximate surface area is 144 Å². The summed E-state index contributed by atoms with van der Waals surface area (Å²) in [5, 5.41) is 0. The number of hydrogen-bond donors (Lipinski definition) is 1. The second-order valence-corrected chi connectivity index (χ2v) is 7.73. The van der Waals surface area contributed by atoms with Crippen LogP contribution in [0.3, 0.4) is 0 Å². The molecular formula is C15H19F3N2O4S. The molecule has 1 saturated heterocycles. The molecule has 1 amide bonds. The van der Waals surface area contributed by atoms with Crippen molar-refractivity contribution in [3.63, 3.8) is 0 Å². The summed E-state index contributed by atoms with van der Waals surface area (Å²) >= 11 is 0. The SMILES string of the molecule is CNS(=O)(=O)CC(=O)N1CC(c2cccc(C(F)(F)F)c2)OCC1C. The van der Waals surface area contributed by atoms with Crippen LogP contribution in [-0.2, 0) is 25.7 Å². The van der Waals surface area contributed by atoms with Gasteiger partial charge in [-0.15, -0.1) is 0 Å². The molecule has 140 valence electrons. The fourth-order valence-corrected chi connectivity index (χ4v) is 3.17. The standard InChI is InChI=1S/C15H19F3N2O4S/c1-10-8-24-13(7-20(10)14(21)9-25(22,23)19-2)11-4-3-5-12(6-11)15(16,17)18/h3-6,10,13,19H,7-9H2,1-2H3. The lowest BCUT2D eigenvalue weighted by molar-refractivity contribution is -0.142. The highest BCUT2D eigenvalue weighted by molar-refractivity contribution is 7.90. The van der Waals surface area contributed by atoms with Gasteiger partial charge in [-0.25, -0.2) is 13.1 Å². The normalized spacial score (nSPS) is 22.0. The summed E-state index contributed by atoms with van der Waals surface area (Å²) in [5.74, 6) is -1.34. The molecule has 1 aliphatic heterocycles. The Morgan fingerprint density at radius 1 is 1.40 bits per heavy atom. The highest BCUT2D eigenvalue weighted by atomic mass is 32.2. The van der Waals surface area contributed by atoms with Gasteiger partial charge in [-0.3, -0.25) is 4.79 Å². The van der Waals surface area contributed by atoms with Gasteiger partial charge < -0.3 is 9.64 Å². The maximum absolute atomic E-state index is 12.8. The number of ether oxygens (including phenoxy) is 1. The Hall–Kier alpha value is -1.65. The first-order chi connectivity index (χ1) is 11.5. The number of hydrogen-bond acceptors (Lipinski definition) is 4. The zero-order valence-corrected chi connectivity index (χ0v) is 14.5. The molecular weight excluding hydrogens is 361 g/mol. The van der Waals surface area contributed by atoms with Gasteiger partial charge in [-0.2, -0.15) is 13.2 Å². The third-order valence-electron chi connectivity index (χ3n) is 3.96. The van der Waals surface area contributed by atoms with Crippen molar-refractivity contribution in [3.05, 3.63) is 35.4 Å². The van der Waals surface area contributed by atoms with E-state index >= 15 is 0 Å². The number of halogens is 3. The predicted octanol–water partition coefficient (Wildman–Crippen LogP) is 1.54. The van der Waals surface area contributed by atoms with E-state index in [4.69, 9.17) is 4.74 Å². The van der Waals surface area contributed by atoms with Crippen molar-refractivity contribution in [2.75, 3.05) is 26.0 Å². The average Bonchev–Trinajstić information content (AvgIpc) is 2.54. The van der Waals surface area contributed by atoms with Crippen molar-refractivity contribution in [2.24, 2.45) is 0 Å². The average molecular weight is 380 g/mol. The van der Waals surface area contributed by atoms with Crippen LogP contribution in [0.25, 0.3) is 0 Å². The Kier molecular flexibility index (Phi) is 5.75. The summed E-state index contributed by atoms with van der Waals surface area (Å²) in [6.45, 7) is 1.78. The molecule has 1 aromatic carbocycles.